The van der Waals surface area contributed by atoms with Crippen molar-refractivity contribution < 1.29 is 19.1 Å². The number of imide groups is 1. The van der Waals surface area contributed by atoms with Crippen LogP contribution >= 0.6 is 0 Å². The number of aryl methyl sites for hydroxylation is 2. The fourth-order valence-corrected chi connectivity index (χ4v) is 3.93. The van der Waals surface area contributed by atoms with E-state index in [-0.39, 0.29) is 30.5 Å². The van der Waals surface area contributed by atoms with Crippen molar-refractivity contribution in [2.75, 3.05) is 11.5 Å². The molecule has 1 unspecified atom stereocenters. The summed E-state index contributed by atoms with van der Waals surface area (Å²) < 4.78 is 8.11. The largest absolute Gasteiger partial charge is 0.462 e. The van der Waals surface area contributed by atoms with Crippen LogP contribution in [0, 0.1) is 0 Å². The Bertz CT molecular complexity index is 1270. The Labute approximate surface area is 184 Å². The molecule has 0 bridgehead atoms. The second-order valence-electron chi connectivity index (χ2n) is 7.70. The molecule has 1 aromatic heterocycles. The minimum Gasteiger partial charge on any atom is -0.462 e. The summed E-state index contributed by atoms with van der Waals surface area (Å²) in [7, 11) is 3.44. The summed E-state index contributed by atoms with van der Waals surface area (Å²) in [6.45, 7) is 2.36. The smallest absolute Gasteiger partial charge is 0.338 e. The van der Waals surface area contributed by atoms with Gasteiger partial charge in [-0.25, -0.2) is 14.5 Å². The fourth-order valence-electron chi connectivity index (χ4n) is 3.93. The lowest BCUT2D eigenvalue weighted by molar-refractivity contribution is -0.121. The Balaban J connectivity index is 1.46. The van der Waals surface area contributed by atoms with Crippen LogP contribution in [0.5, 0.6) is 0 Å². The van der Waals surface area contributed by atoms with Crippen LogP contribution < -0.4 is 15.9 Å². The number of hydrogen-bond acceptors (Lipinski definition) is 6. The van der Waals surface area contributed by atoms with Gasteiger partial charge in [-0.1, -0.05) is 6.07 Å². The van der Waals surface area contributed by atoms with Gasteiger partial charge < -0.3 is 10.1 Å². The van der Waals surface area contributed by atoms with E-state index in [1.165, 1.54) is 12.1 Å². The number of nitrogens with zero attached hydrogens (tertiary/aromatic N) is 3. The average Bonchev–Trinajstić information content (AvgIpc) is 3.19. The Hall–Kier alpha value is -3.72. The van der Waals surface area contributed by atoms with Gasteiger partial charge in [0.15, 0.2) is 0 Å². The third-order valence-corrected chi connectivity index (χ3v) is 5.67. The Morgan fingerprint density at radius 3 is 2.41 bits per heavy atom. The Morgan fingerprint density at radius 2 is 1.72 bits per heavy atom. The number of amides is 2. The summed E-state index contributed by atoms with van der Waals surface area (Å²) in [6, 6.07) is 11.2. The highest BCUT2D eigenvalue weighted by Crippen LogP contribution is 2.24. The molecule has 1 fully saturated rings. The van der Waals surface area contributed by atoms with E-state index in [9.17, 15) is 19.2 Å². The van der Waals surface area contributed by atoms with E-state index >= 15 is 0 Å². The number of hydrogen-bond donors (Lipinski definition) is 1. The maximum absolute atomic E-state index is 12.9. The lowest BCUT2D eigenvalue weighted by atomic mass is 10.1. The van der Waals surface area contributed by atoms with Crippen molar-refractivity contribution in [3.8, 4) is 0 Å². The Morgan fingerprint density at radius 1 is 1.03 bits per heavy atom. The second kappa shape index (κ2) is 8.43. The standard InChI is InChI=1S/C23H24N4O5/c1-4-32-22(30)15-6-8-16(9-7-15)27-20(28)12-17(21(27)29)24-13-14-5-10-18-19(11-14)26(3)23(31)25(18)2/h5-11,17,24H,4,12-13H2,1-3H3. The maximum atomic E-state index is 12.9. The number of aromatic nitrogens is 2. The number of rotatable bonds is 6. The van der Waals surface area contributed by atoms with Gasteiger partial charge in [-0.3, -0.25) is 18.7 Å². The van der Waals surface area contributed by atoms with Crippen molar-refractivity contribution >= 4 is 34.5 Å². The molecule has 9 heteroatoms. The molecule has 1 aliphatic heterocycles. The van der Waals surface area contributed by atoms with Gasteiger partial charge in [-0.15, -0.1) is 0 Å². The first-order valence-electron chi connectivity index (χ1n) is 10.3. The molecule has 1 saturated heterocycles. The van der Waals surface area contributed by atoms with Gasteiger partial charge in [0.25, 0.3) is 5.91 Å². The highest BCUT2D eigenvalue weighted by atomic mass is 16.5. The van der Waals surface area contributed by atoms with Gasteiger partial charge in [-0.2, -0.15) is 0 Å². The van der Waals surface area contributed by atoms with E-state index in [0.29, 0.717) is 17.8 Å². The summed E-state index contributed by atoms with van der Waals surface area (Å²) in [5.74, 6) is -1.10. The van der Waals surface area contributed by atoms with Crippen molar-refractivity contribution in [2.45, 2.75) is 25.9 Å². The zero-order valence-corrected chi connectivity index (χ0v) is 18.1. The van der Waals surface area contributed by atoms with Gasteiger partial charge in [-0.05, 0) is 48.9 Å². The first-order valence-corrected chi connectivity index (χ1v) is 10.3. The fraction of sp³-hybridized carbons (Fsp3) is 0.304. The molecule has 2 heterocycles. The van der Waals surface area contributed by atoms with Crippen LogP contribution in [0.15, 0.2) is 47.3 Å². The van der Waals surface area contributed by atoms with Crippen molar-refractivity contribution in [2.24, 2.45) is 14.1 Å². The molecule has 4 rings (SSSR count). The van der Waals surface area contributed by atoms with E-state index in [1.807, 2.05) is 18.2 Å². The molecule has 0 spiro atoms. The van der Waals surface area contributed by atoms with Crippen molar-refractivity contribution in [1.82, 2.24) is 14.5 Å². The Kier molecular flexibility index (Phi) is 5.67. The number of fused-ring (bicyclic) bond motifs is 1. The second-order valence-corrected chi connectivity index (χ2v) is 7.70. The summed E-state index contributed by atoms with van der Waals surface area (Å²) >= 11 is 0. The molecule has 0 radical (unpaired) electrons. The molecular formula is C23H24N4O5. The van der Waals surface area contributed by atoms with E-state index in [4.69, 9.17) is 4.74 Å². The number of carbonyl (C=O) groups is 3. The molecule has 1 atom stereocenters. The minimum atomic E-state index is -0.650. The van der Waals surface area contributed by atoms with Crippen molar-refractivity contribution in [3.05, 3.63) is 64.1 Å². The molecule has 9 nitrogen and oxygen atoms in total. The molecule has 0 saturated carbocycles. The molecule has 0 aliphatic carbocycles. The van der Waals surface area contributed by atoms with Crippen LogP contribution in [0.2, 0.25) is 0 Å². The van der Waals surface area contributed by atoms with E-state index in [2.05, 4.69) is 5.32 Å². The number of anilines is 1. The molecule has 1 aliphatic rings. The summed E-state index contributed by atoms with van der Waals surface area (Å²) in [6.07, 6.45) is 0.0462. The molecule has 1 N–H and O–H groups in total. The van der Waals surface area contributed by atoms with Crippen molar-refractivity contribution in [3.63, 3.8) is 0 Å². The number of benzene rings is 2. The van der Waals surface area contributed by atoms with E-state index in [0.717, 1.165) is 21.5 Å². The van der Waals surface area contributed by atoms with Crippen molar-refractivity contribution in [1.29, 1.82) is 0 Å². The topological polar surface area (TPSA) is 103 Å². The lowest BCUT2D eigenvalue weighted by Gasteiger charge is -2.16. The molecule has 2 amide bonds. The van der Waals surface area contributed by atoms with Crippen LogP contribution in [-0.4, -0.2) is 39.6 Å². The summed E-state index contributed by atoms with van der Waals surface area (Å²) in [5, 5.41) is 3.15. The normalized spacial score (nSPS) is 16.2. The van der Waals surface area contributed by atoms with Crippen LogP contribution in [0.4, 0.5) is 5.69 Å². The minimum absolute atomic E-state index is 0.0462. The predicted octanol–water partition coefficient (Wildman–Crippen LogP) is 1.48. The van der Waals surface area contributed by atoms with E-state index in [1.54, 1.807) is 42.3 Å². The van der Waals surface area contributed by atoms with E-state index < -0.39 is 12.0 Å². The number of imidazole rings is 1. The van der Waals surface area contributed by atoms with Gasteiger partial charge in [0.2, 0.25) is 5.91 Å². The highest BCUT2D eigenvalue weighted by molar-refractivity contribution is 6.22. The highest BCUT2D eigenvalue weighted by Gasteiger charge is 2.39. The zero-order valence-electron chi connectivity index (χ0n) is 18.1. The number of nitrogens with one attached hydrogen (secondary N) is 1. The molecule has 3 aromatic rings. The molecule has 32 heavy (non-hydrogen) atoms. The third-order valence-electron chi connectivity index (χ3n) is 5.67. The van der Waals surface area contributed by atoms with Crippen LogP contribution in [0.25, 0.3) is 11.0 Å². The number of carbonyl (C=O) groups excluding carboxylic acids is 3. The third kappa shape index (κ3) is 3.71. The predicted molar refractivity (Wildman–Crippen MR) is 118 cm³/mol. The SMILES string of the molecule is CCOC(=O)c1ccc(N2C(=O)CC(NCc3ccc4c(c3)n(C)c(=O)n4C)C2=O)cc1. The van der Waals surface area contributed by atoms with Crippen LogP contribution in [0.1, 0.15) is 29.3 Å². The van der Waals surface area contributed by atoms with Gasteiger partial charge in [0.1, 0.15) is 0 Å². The molecule has 166 valence electrons. The first kappa shape index (κ1) is 21.5. The summed E-state index contributed by atoms with van der Waals surface area (Å²) in [5.41, 5.74) is 3.19. The van der Waals surface area contributed by atoms with Crippen LogP contribution in [0.3, 0.4) is 0 Å². The van der Waals surface area contributed by atoms with Gasteiger partial charge in [0, 0.05) is 20.6 Å². The van der Waals surface area contributed by atoms with Gasteiger partial charge in [0.05, 0.1) is 41.4 Å². The molecular weight excluding hydrogens is 412 g/mol. The monoisotopic (exact) mass is 436 g/mol. The quantitative estimate of drug-likeness (QED) is 0.464. The van der Waals surface area contributed by atoms with Crippen LogP contribution in [-0.2, 0) is 35.0 Å². The summed E-state index contributed by atoms with van der Waals surface area (Å²) in [4.78, 5) is 50.4. The van der Waals surface area contributed by atoms with Gasteiger partial charge >= 0.3 is 11.7 Å². The molecule has 2 aromatic carbocycles. The number of esters is 1. The first-order chi connectivity index (χ1) is 15.3. The lowest BCUT2D eigenvalue weighted by Crippen LogP contribution is -2.38. The average molecular weight is 436 g/mol. The maximum Gasteiger partial charge on any atom is 0.338 e. The number of ether oxygens (including phenoxy) is 1. The zero-order chi connectivity index (χ0) is 23.0.